The predicted molar refractivity (Wildman–Crippen MR) is 117 cm³/mol. The van der Waals surface area contributed by atoms with Gasteiger partial charge < -0.3 is 11.1 Å². The lowest BCUT2D eigenvalue weighted by atomic mass is 10.1. The summed E-state index contributed by atoms with van der Waals surface area (Å²) in [6.45, 7) is 0. The van der Waals surface area contributed by atoms with E-state index in [2.05, 4.69) is 10.4 Å². The van der Waals surface area contributed by atoms with E-state index in [0.717, 1.165) is 11.3 Å². The third-order valence-electron chi connectivity index (χ3n) is 4.53. The molecule has 0 aliphatic heterocycles. The Morgan fingerprint density at radius 2 is 1.60 bits per heavy atom. The van der Waals surface area contributed by atoms with Crippen molar-refractivity contribution in [2.75, 3.05) is 5.32 Å². The molecule has 0 saturated carbocycles. The number of carbonyl (C=O) groups is 2. The van der Waals surface area contributed by atoms with E-state index < -0.39 is 11.8 Å². The maximum Gasteiger partial charge on any atom is 0.259 e. The van der Waals surface area contributed by atoms with Gasteiger partial charge in [-0.1, -0.05) is 60.1 Å². The molecule has 1 heterocycles. The summed E-state index contributed by atoms with van der Waals surface area (Å²) in [7, 11) is 0. The quantitative estimate of drug-likeness (QED) is 0.500. The maximum atomic E-state index is 13.1. The molecule has 0 aliphatic carbocycles. The highest BCUT2D eigenvalue weighted by Gasteiger charge is 2.20. The predicted octanol–water partition coefficient (Wildman–Crippen LogP) is 4.54. The van der Waals surface area contributed by atoms with Gasteiger partial charge in [-0.15, -0.1) is 0 Å². The van der Waals surface area contributed by atoms with Crippen molar-refractivity contribution in [3.05, 3.63) is 101 Å². The van der Waals surface area contributed by atoms with Gasteiger partial charge in [0.15, 0.2) is 0 Å². The van der Waals surface area contributed by atoms with Gasteiger partial charge in [0.1, 0.15) is 5.69 Å². The van der Waals surface area contributed by atoms with E-state index in [0.29, 0.717) is 22.0 Å². The van der Waals surface area contributed by atoms with Crippen molar-refractivity contribution < 1.29 is 9.59 Å². The van der Waals surface area contributed by atoms with Gasteiger partial charge >= 0.3 is 0 Å². The highest BCUT2D eigenvalue weighted by atomic mass is 35.5. The summed E-state index contributed by atoms with van der Waals surface area (Å²) in [4.78, 5) is 24.6. The zero-order chi connectivity index (χ0) is 21.1. The number of halogens is 1. The van der Waals surface area contributed by atoms with Gasteiger partial charge in [0.05, 0.1) is 22.0 Å². The summed E-state index contributed by atoms with van der Waals surface area (Å²) in [5.74, 6) is -1.01. The van der Waals surface area contributed by atoms with Gasteiger partial charge in [0, 0.05) is 17.3 Å². The molecule has 0 aliphatic rings. The Balaban J connectivity index is 1.76. The molecule has 0 atom stereocenters. The van der Waals surface area contributed by atoms with Crippen LogP contribution in [0.1, 0.15) is 20.7 Å². The number of primary amides is 1. The third kappa shape index (κ3) is 3.94. The number of nitrogens with two attached hydrogens (primary N) is 1. The van der Waals surface area contributed by atoms with Crippen molar-refractivity contribution in [3.8, 4) is 16.9 Å². The highest BCUT2D eigenvalue weighted by Crippen LogP contribution is 2.27. The van der Waals surface area contributed by atoms with E-state index in [9.17, 15) is 9.59 Å². The first-order chi connectivity index (χ1) is 14.5. The van der Waals surface area contributed by atoms with Crippen molar-refractivity contribution in [1.29, 1.82) is 0 Å². The normalized spacial score (nSPS) is 10.6. The van der Waals surface area contributed by atoms with Crippen LogP contribution in [0.5, 0.6) is 0 Å². The van der Waals surface area contributed by atoms with Crippen LogP contribution in [0.25, 0.3) is 16.9 Å². The zero-order valence-corrected chi connectivity index (χ0v) is 16.5. The SMILES string of the molecule is NC(=O)c1ccc(Cl)c(NC(=O)c2cn(-c3ccccc3)nc2-c2ccccc2)c1. The molecule has 148 valence electrons. The number of amides is 2. The average Bonchev–Trinajstić information content (AvgIpc) is 3.22. The van der Waals surface area contributed by atoms with Crippen LogP contribution < -0.4 is 11.1 Å². The van der Waals surface area contributed by atoms with E-state index in [1.165, 1.54) is 18.2 Å². The van der Waals surface area contributed by atoms with Crippen molar-refractivity contribution in [2.24, 2.45) is 5.73 Å². The average molecular weight is 417 g/mol. The molecule has 3 aromatic carbocycles. The molecule has 7 heteroatoms. The lowest BCUT2D eigenvalue weighted by Crippen LogP contribution is -2.15. The Kier molecular flexibility index (Phi) is 5.32. The highest BCUT2D eigenvalue weighted by molar-refractivity contribution is 6.34. The number of carbonyl (C=O) groups excluding carboxylic acids is 2. The first-order valence-electron chi connectivity index (χ1n) is 9.14. The second-order valence-corrected chi connectivity index (χ2v) is 6.96. The molecule has 30 heavy (non-hydrogen) atoms. The molecule has 6 nitrogen and oxygen atoms in total. The van der Waals surface area contributed by atoms with E-state index in [1.807, 2.05) is 60.7 Å². The minimum absolute atomic E-state index is 0.248. The van der Waals surface area contributed by atoms with Crippen LogP contribution in [0, 0.1) is 0 Å². The van der Waals surface area contributed by atoms with Crippen molar-refractivity contribution in [3.63, 3.8) is 0 Å². The number of nitrogens with one attached hydrogen (secondary N) is 1. The molecule has 0 spiro atoms. The van der Waals surface area contributed by atoms with Crippen LogP contribution in [0.15, 0.2) is 85.1 Å². The third-order valence-corrected chi connectivity index (χ3v) is 4.86. The van der Waals surface area contributed by atoms with Gasteiger partial charge in [-0.25, -0.2) is 4.68 Å². The van der Waals surface area contributed by atoms with E-state index in [1.54, 1.807) is 10.9 Å². The molecular formula is C23H17ClN4O2. The topological polar surface area (TPSA) is 90.0 Å². The Morgan fingerprint density at radius 3 is 2.27 bits per heavy atom. The molecule has 1 aromatic heterocycles. The first-order valence-corrected chi connectivity index (χ1v) is 9.52. The van der Waals surface area contributed by atoms with Crippen LogP contribution in [0.2, 0.25) is 5.02 Å². The molecule has 0 radical (unpaired) electrons. The monoisotopic (exact) mass is 416 g/mol. The van der Waals surface area contributed by atoms with Crippen LogP contribution in [-0.4, -0.2) is 21.6 Å². The lowest BCUT2D eigenvalue weighted by Gasteiger charge is -2.08. The molecule has 0 saturated heterocycles. The Hall–Kier alpha value is -3.90. The zero-order valence-electron chi connectivity index (χ0n) is 15.7. The number of anilines is 1. The molecule has 4 rings (SSSR count). The summed E-state index contributed by atoms with van der Waals surface area (Å²) in [6, 6.07) is 23.4. The molecule has 0 fully saturated rings. The Morgan fingerprint density at radius 1 is 0.933 bits per heavy atom. The minimum Gasteiger partial charge on any atom is -0.366 e. The second kappa shape index (κ2) is 8.23. The number of hydrogen-bond donors (Lipinski definition) is 2. The van der Waals surface area contributed by atoms with Gasteiger partial charge in [-0.2, -0.15) is 5.10 Å². The molecule has 0 bridgehead atoms. The Labute approximate surface area is 177 Å². The minimum atomic E-state index is -0.607. The lowest BCUT2D eigenvalue weighted by molar-refractivity contribution is 0.0996. The van der Waals surface area contributed by atoms with Gasteiger partial charge in [-0.3, -0.25) is 9.59 Å². The number of aromatic nitrogens is 2. The van der Waals surface area contributed by atoms with Gasteiger partial charge in [-0.05, 0) is 30.3 Å². The molecule has 0 unspecified atom stereocenters. The van der Waals surface area contributed by atoms with Crippen molar-refractivity contribution in [2.45, 2.75) is 0 Å². The standard InChI is InChI=1S/C23H17ClN4O2/c24-19-12-11-16(22(25)29)13-20(19)26-23(30)18-14-28(17-9-5-2-6-10-17)27-21(18)15-7-3-1-4-8-15/h1-14H,(H2,25,29)(H,26,30). The maximum absolute atomic E-state index is 13.1. The number of rotatable bonds is 5. The fourth-order valence-electron chi connectivity index (χ4n) is 3.03. The van der Waals surface area contributed by atoms with Gasteiger partial charge in [0.2, 0.25) is 5.91 Å². The van der Waals surface area contributed by atoms with E-state index in [4.69, 9.17) is 17.3 Å². The first kappa shape index (κ1) is 19.4. The number of para-hydroxylation sites is 1. The molecule has 4 aromatic rings. The smallest absolute Gasteiger partial charge is 0.259 e. The Bertz CT molecular complexity index is 1220. The van der Waals surface area contributed by atoms with E-state index in [-0.39, 0.29) is 5.56 Å². The second-order valence-electron chi connectivity index (χ2n) is 6.55. The summed E-state index contributed by atoms with van der Waals surface area (Å²) < 4.78 is 1.65. The van der Waals surface area contributed by atoms with Crippen LogP contribution in [0.4, 0.5) is 5.69 Å². The van der Waals surface area contributed by atoms with E-state index >= 15 is 0 Å². The summed E-state index contributed by atoms with van der Waals surface area (Å²) in [5, 5.41) is 7.69. The number of nitrogens with zero attached hydrogens (tertiary/aromatic N) is 2. The van der Waals surface area contributed by atoms with Gasteiger partial charge in [0.25, 0.3) is 5.91 Å². The fraction of sp³-hybridized carbons (Fsp3) is 0. The largest absolute Gasteiger partial charge is 0.366 e. The summed E-state index contributed by atoms with van der Waals surface area (Å²) in [6.07, 6.45) is 1.67. The number of hydrogen-bond acceptors (Lipinski definition) is 3. The summed E-state index contributed by atoms with van der Waals surface area (Å²) >= 11 is 6.20. The molecule has 3 N–H and O–H groups in total. The van der Waals surface area contributed by atoms with Crippen LogP contribution in [0.3, 0.4) is 0 Å². The molecule has 2 amide bonds. The summed E-state index contributed by atoms with van der Waals surface area (Å²) in [5.41, 5.74) is 8.39. The van der Waals surface area contributed by atoms with Crippen LogP contribution in [-0.2, 0) is 0 Å². The van der Waals surface area contributed by atoms with Crippen molar-refractivity contribution in [1.82, 2.24) is 9.78 Å². The van der Waals surface area contributed by atoms with Crippen LogP contribution >= 0.6 is 11.6 Å². The fourth-order valence-corrected chi connectivity index (χ4v) is 3.19. The number of benzene rings is 3. The van der Waals surface area contributed by atoms with Crippen molar-refractivity contribution >= 4 is 29.1 Å². The molecular weight excluding hydrogens is 400 g/mol.